The fourth-order valence-corrected chi connectivity index (χ4v) is 2.08. The zero-order valence-corrected chi connectivity index (χ0v) is 10.5. The van der Waals surface area contributed by atoms with Gasteiger partial charge >= 0.3 is 0 Å². The van der Waals surface area contributed by atoms with E-state index < -0.39 is 0 Å². The van der Waals surface area contributed by atoms with Crippen LogP contribution in [-0.4, -0.2) is 35.1 Å². The molecule has 1 aliphatic heterocycles. The Kier molecular flexibility index (Phi) is 2.99. The molecule has 0 atom stereocenters. The van der Waals surface area contributed by atoms with Crippen LogP contribution in [0.15, 0.2) is 6.07 Å². The number of rotatable bonds is 1. The highest BCUT2D eigenvalue weighted by Crippen LogP contribution is 2.22. The van der Waals surface area contributed by atoms with Gasteiger partial charge in [0, 0.05) is 30.9 Å². The van der Waals surface area contributed by atoms with Gasteiger partial charge in [0.1, 0.15) is 11.8 Å². The first-order valence-electron chi connectivity index (χ1n) is 5.77. The van der Waals surface area contributed by atoms with Gasteiger partial charge in [-0.25, -0.2) is 9.97 Å². The molecule has 2 rings (SSSR count). The first-order valence-corrected chi connectivity index (χ1v) is 5.77. The third kappa shape index (κ3) is 2.37. The number of anilines is 1. The largest absolute Gasteiger partial charge is 0.333 e. The Balaban J connectivity index is 2.39. The SMILES string of the molecule is Cc1cc(C#N)nc(N2CCNCC2(C)C)n1. The average molecular weight is 231 g/mol. The minimum absolute atomic E-state index is 0.0290. The van der Waals surface area contributed by atoms with E-state index >= 15 is 0 Å². The third-order valence-electron chi connectivity index (χ3n) is 3.00. The van der Waals surface area contributed by atoms with Crippen molar-refractivity contribution in [1.29, 1.82) is 5.26 Å². The van der Waals surface area contributed by atoms with Crippen LogP contribution in [-0.2, 0) is 0 Å². The molecule has 0 saturated carbocycles. The van der Waals surface area contributed by atoms with Crippen LogP contribution >= 0.6 is 0 Å². The molecule has 1 saturated heterocycles. The van der Waals surface area contributed by atoms with E-state index in [2.05, 4.69) is 40.1 Å². The first-order chi connectivity index (χ1) is 8.03. The quantitative estimate of drug-likeness (QED) is 0.776. The lowest BCUT2D eigenvalue weighted by Crippen LogP contribution is -2.58. The Morgan fingerprint density at radius 2 is 2.24 bits per heavy atom. The van der Waals surface area contributed by atoms with Crippen LogP contribution in [0.2, 0.25) is 0 Å². The van der Waals surface area contributed by atoms with Crippen molar-refractivity contribution in [3.8, 4) is 6.07 Å². The summed E-state index contributed by atoms with van der Waals surface area (Å²) in [6, 6.07) is 3.79. The molecule has 1 N–H and O–H groups in total. The van der Waals surface area contributed by atoms with Gasteiger partial charge in [0.25, 0.3) is 0 Å². The van der Waals surface area contributed by atoms with E-state index in [1.165, 1.54) is 0 Å². The molecule has 0 radical (unpaired) electrons. The zero-order valence-electron chi connectivity index (χ0n) is 10.5. The molecule has 0 aliphatic carbocycles. The van der Waals surface area contributed by atoms with Crippen LogP contribution in [0.4, 0.5) is 5.95 Å². The molecular weight excluding hydrogens is 214 g/mol. The monoisotopic (exact) mass is 231 g/mol. The minimum Gasteiger partial charge on any atom is -0.333 e. The van der Waals surface area contributed by atoms with E-state index in [1.54, 1.807) is 6.07 Å². The molecule has 2 heterocycles. The van der Waals surface area contributed by atoms with Gasteiger partial charge in [-0.2, -0.15) is 5.26 Å². The summed E-state index contributed by atoms with van der Waals surface area (Å²) in [6.45, 7) is 8.87. The smallest absolute Gasteiger partial charge is 0.227 e. The molecule has 0 unspecified atom stereocenters. The summed E-state index contributed by atoms with van der Waals surface area (Å²) >= 11 is 0. The maximum Gasteiger partial charge on any atom is 0.227 e. The summed E-state index contributed by atoms with van der Waals surface area (Å²) < 4.78 is 0. The van der Waals surface area contributed by atoms with Crippen LogP contribution in [0, 0.1) is 18.3 Å². The summed E-state index contributed by atoms with van der Waals surface area (Å²) in [5.41, 5.74) is 1.24. The lowest BCUT2D eigenvalue weighted by Gasteiger charge is -2.42. The van der Waals surface area contributed by atoms with Crippen LogP contribution in [0.1, 0.15) is 25.2 Å². The summed E-state index contributed by atoms with van der Waals surface area (Å²) in [5, 5.41) is 12.3. The lowest BCUT2D eigenvalue weighted by molar-refractivity contribution is 0.374. The van der Waals surface area contributed by atoms with E-state index in [1.807, 2.05) is 6.92 Å². The summed E-state index contributed by atoms with van der Waals surface area (Å²) in [6.07, 6.45) is 0. The Bertz CT molecular complexity index is 460. The molecule has 5 heteroatoms. The van der Waals surface area contributed by atoms with Gasteiger partial charge < -0.3 is 10.2 Å². The zero-order chi connectivity index (χ0) is 12.5. The van der Waals surface area contributed by atoms with Crippen molar-refractivity contribution < 1.29 is 0 Å². The molecule has 5 nitrogen and oxygen atoms in total. The predicted octanol–water partition coefficient (Wildman–Crippen LogP) is 0.845. The van der Waals surface area contributed by atoms with E-state index in [-0.39, 0.29) is 5.54 Å². The maximum atomic E-state index is 8.94. The molecule has 1 aromatic rings. The number of aromatic nitrogens is 2. The fraction of sp³-hybridized carbons (Fsp3) is 0.583. The molecule has 1 aromatic heterocycles. The predicted molar refractivity (Wildman–Crippen MR) is 65.8 cm³/mol. The Morgan fingerprint density at radius 1 is 1.47 bits per heavy atom. The Hall–Kier alpha value is -1.67. The molecule has 0 bridgehead atoms. The third-order valence-corrected chi connectivity index (χ3v) is 3.00. The number of piperazine rings is 1. The van der Waals surface area contributed by atoms with E-state index in [9.17, 15) is 0 Å². The lowest BCUT2D eigenvalue weighted by atomic mass is 10.0. The normalized spacial score (nSPS) is 18.8. The van der Waals surface area contributed by atoms with Crippen LogP contribution in [0.5, 0.6) is 0 Å². The molecule has 90 valence electrons. The van der Waals surface area contributed by atoms with Gasteiger partial charge in [-0.05, 0) is 26.8 Å². The number of hydrogen-bond donors (Lipinski definition) is 1. The van der Waals surface area contributed by atoms with Gasteiger partial charge in [0.05, 0.1) is 0 Å². The maximum absolute atomic E-state index is 8.94. The number of aryl methyl sites for hydroxylation is 1. The van der Waals surface area contributed by atoms with Gasteiger partial charge in [-0.3, -0.25) is 0 Å². The van der Waals surface area contributed by atoms with Gasteiger partial charge in [-0.15, -0.1) is 0 Å². The molecular formula is C12H17N5. The van der Waals surface area contributed by atoms with E-state index in [0.29, 0.717) is 11.6 Å². The Morgan fingerprint density at radius 3 is 2.88 bits per heavy atom. The van der Waals surface area contributed by atoms with Crippen molar-refractivity contribution in [1.82, 2.24) is 15.3 Å². The number of nitrogens with one attached hydrogen (secondary N) is 1. The van der Waals surface area contributed by atoms with Gasteiger partial charge in [0.2, 0.25) is 5.95 Å². The van der Waals surface area contributed by atoms with Crippen LogP contribution in [0.25, 0.3) is 0 Å². The second kappa shape index (κ2) is 4.30. The Labute approximate surface area is 101 Å². The highest BCUT2D eigenvalue weighted by molar-refractivity contribution is 5.39. The molecule has 0 aromatic carbocycles. The fourth-order valence-electron chi connectivity index (χ4n) is 2.08. The van der Waals surface area contributed by atoms with Crippen molar-refractivity contribution in [3.05, 3.63) is 17.5 Å². The molecule has 1 aliphatic rings. The number of hydrogen-bond acceptors (Lipinski definition) is 5. The topological polar surface area (TPSA) is 64.8 Å². The first kappa shape index (κ1) is 11.8. The van der Waals surface area contributed by atoms with Gasteiger partial charge in [0.15, 0.2) is 0 Å². The summed E-state index contributed by atoms with van der Waals surface area (Å²) in [7, 11) is 0. The second-order valence-corrected chi connectivity index (χ2v) is 4.95. The second-order valence-electron chi connectivity index (χ2n) is 4.95. The molecule has 1 fully saturated rings. The standard InChI is InChI=1S/C12H17N5/c1-9-6-10(7-13)16-11(15-9)17-5-4-14-8-12(17,2)3/h6,14H,4-5,8H2,1-3H3. The highest BCUT2D eigenvalue weighted by atomic mass is 15.3. The van der Waals surface area contributed by atoms with Crippen LogP contribution in [0.3, 0.4) is 0 Å². The van der Waals surface area contributed by atoms with Crippen molar-refractivity contribution in [2.45, 2.75) is 26.3 Å². The summed E-state index contributed by atoms with van der Waals surface area (Å²) in [4.78, 5) is 10.9. The van der Waals surface area contributed by atoms with E-state index in [0.717, 1.165) is 25.3 Å². The highest BCUT2D eigenvalue weighted by Gasteiger charge is 2.31. The average Bonchev–Trinajstić information content (AvgIpc) is 2.27. The van der Waals surface area contributed by atoms with Gasteiger partial charge in [-0.1, -0.05) is 0 Å². The molecule has 17 heavy (non-hydrogen) atoms. The van der Waals surface area contributed by atoms with Crippen molar-refractivity contribution in [2.75, 3.05) is 24.5 Å². The van der Waals surface area contributed by atoms with Crippen molar-refractivity contribution in [3.63, 3.8) is 0 Å². The number of nitrogens with zero attached hydrogens (tertiary/aromatic N) is 4. The minimum atomic E-state index is -0.0290. The van der Waals surface area contributed by atoms with Crippen molar-refractivity contribution in [2.24, 2.45) is 0 Å². The molecule has 0 spiro atoms. The summed E-state index contributed by atoms with van der Waals surface area (Å²) in [5.74, 6) is 0.660. The molecule has 0 amide bonds. The van der Waals surface area contributed by atoms with E-state index in [4.69, 9.17) is 5.26 Å². The van der Waals surface area contributed by atoms with Crippen molar-refractivity contribution >= 4 is 5.95 Å². The van der Waals surface area contributed by atoms with Crippen LogP contribution < -0.4 is 10.2 Å². The number of nitriles is 1.